The van der Waals surface area contributed by atoms with Gasteiger partial charge in [-0.3, -0.25) is 4.99 Å². The summed E-state index contributed by atoms with van der Waals surface area (Å²) >= 11 is 1.86. The van der Waals surface area contributed by atoms with Crippen molar-refractivity contribution in [3.05, 3.63) is 57.3 Å². The van der Waals surface area contributed by atoms with Crippen LogP contribution in [-0.2, 0) is 19.5 Å². The normalized spacial score (nSPS) is 11.5. The Morgan fingerprint density at radius 1 is 1.00 bits per heavy atom. The van der Waals surface area contributed by atoms with Crippen molar-refractivity contribution in [1.82, 2.24) is 10.6 Å². The molecule has 0 atom stereocenters. The van der Waals surface area contributed by atoms with E-state index in [-0.39, 0.29) is 0 Å². The second-order valence-electron chi connectivity index (χ2n) is 4.99. The summed E-state index contributed by atoms with van der Waals surface area (Å²) in [5, 5.41) is 6.69. The summed E-state index contributed by atoms with van der Waals surface area (Å²) < 4.78 is 0. The number of thiophene rings is 1. The highest BCUT2D eigenvalue weighted by Crippen LogP contribution is 2.16. The molecule has 0 saturated carbocycles. The minimum Gasteiger partial charge on any atom is -0.352 e. The number of rotatable bonds is 5. The molecule has 0 fully saturated rings. The fraction of sp³-hybridized carbons (Fsp3) is 0.353. The number of nitrogens with zero attached hydrogens (tertiary/aromatic N) is 1. The van der Waals surface area contributed by atoms with Crippen LogP contribution >= 0.6 is 11.3 Å². The molecule has 0 aliphatic carbocycles. The fourth-order valence-electron chi connectivity index (χ4n) is 1.99. The largest absolute Gasteiger partial charge is 0.352 e. The van der Waals surface area contributed by atoms with Gasteiger partial charge in [0.1, 0.15) is 0 Å². The standard InChI is InChI=1S/C17H23N3S/c1-4-15-9-10-16(21-15)12-20-17(18-3)19-11-14-7-5-13(2)6-8-14/h5-10H,4,11-12H2,1-3H3,(H2,18,19,20). The van der Waals surface area contributed by atoms with E-state index < -0.39 is 0 Å². The number of aliphatic imine (C=N–C) groups is 1. The fourth-order valence-corrected chi connectivity index (χ4v) is 2.89. The summed E-state index contributed by atoms with van der Waals surface area (Å²) in [6.07, 6.45) is 1.10. The molecule has 3 nitrogen and oxygen atoms in total. The monoisotopic (exact) mass is 301 g/mol. The Labute approximate surface area is 131 Å². The number of hydrogen-bond donors (Lipinski definition) is 2. The maximum absolute atomic E-state index is 4.26. The maximum atomic E-state index is 4.26. The van der Waals surface area contributed by atoms with Crippen LogP contribution in [0.4, 0.5) is 0 Å². The number of guanidine groups is 1. The van der Waals surface area contributed by atoms with Gasteiger partial charge < -0.3 is 10.6 Å². The molecule has 112 valence electrons. The van der Waals surface area contributed by atoms with Crippen molar-refractivity contribution >= 4 is 17.3 Å². The summed E-state index contributed by atoms with van der Waals surface area (Å²) in [4.78, 5) is 7.03. The molecule has 0 amide bonds. The first-order chi connectivity index (χ1) is 10.2. The summed E-state index contributed by atoms with van der Waals surface area (Å²) in [7, 11) is 1.80. The zero-order chi connectivity index (χ0) is 15.1. The molecule has 1 aromatic heterocycles. The number of hydrogen-bond acceptors (Lipinski definition) is 2. The molecular formula is C17H23N3S. The average molecular weight is 301 g/mol. The zero-order valence-electron chi connectivity index (χ0n) is 12.9. The van der Waals surface area contributed by atoms with Crippen molar-refractivity contribution in [3.8, 4) is 0 Å². The van der Waals surface area contributed by atoms with E-state index in [4.69, 9.17) is 0 Å². The molecule has 2 aromatic rings. The van der Waals surface area contributed by atoms with Crippen LogP contribution in [0.5, 0.6) is 0 Å². The molecule has 0 saturated heterocycles. The van der Waals surface area contributed by atoms with E-state index in [1.165, 1.54) is 20.9 Å². The van der Waals surface area contributed by atoms with Gasteiger partial charge in [-0.1, -0.05) is 36.8 Å². The lowest BCUT2D eigenvalue weighted by molar-refractivity contribution is 0.815. The van der Waals surface area contributed by atoms with E-state index in [2.05, 4.69) is 65.9 Å². The summed E-state index contributed by atoms with van der Waals surface area (Å²) in [5.41, 5.74) is 2.54. The van der Waals surface area contributed by atoms with Gasteiger partial charge in [-0.2, -0.15) is 0 Å². The lowest BCUT2D eigenvalue weighted by Crippen LogP contribution is -2.36. The van der Waals surface area contributed by atoms with Gasteiger partial charge in [-0.25, -0.2) is 0 Å². The molecule has 0 spiro atoms. The van der Waals surface area contributed by atoms with E-state index in [1.807, 2.05) is 11.3 Å². The van der Waals surface area contributed by atoms with E-state index in [0.717, 1.165) is 25.5 Å². The Morgan fingerprint density at radius 2 is 1.67 bits per heavy atom. The first-order valence-corrected chi connectivity index (χ1v) is 8.10. The van der Waals surface area contributed by atoms with Crippen LogP contribution in [0.2, 0.25) is 0 Å². The summed E-state index contributed by atoms with van der Waals surface area (Å²) in [5.74, 6) is 0.835. The highest BCUT2D eigenvalue weighted by atomic mass is 32.1. The Bertz CT molecular complexity index is 584. The number of aryl methyl sites for hydroxylation is 2. The molecule has 2 rings (SSSR count). The Balaban J connectivity index is 1.81. The second kappa shape index (κ2) is 7.84. The van der Waals surface area contributed by atoms with E-state index in [9.17, 15) is 0 Å². The van der Waals surface area contributed by atoms with Gasteiger partial charge in [0.25, 0.3) is 0 Å². The first kappa shape index (κ1) is 15.6. The molecule has 2 N–H and O–H groups in total. The molecule has 1 aromatic carbocycles. The summed E-state index contributed by atoms with van der Waals surface area (Å²) in [6.45, 7) is 5.89. The second-order valence-corrected chi connectivity index (χ2v) is 6.24. The predicted octanol–water partition coefficient (Wildman–Crippen LogP) is 3.48. The van der Waals surface area contributed by atoms with Crippen molar-refractivity contribution in [2.24, 2.45) is 4.99 Å². The molecule has 0 unspecified atom stereocenters. The highest BCUT2D eigenvalue weighted by Gasteiger charge is 2.01. The molecule has 21 heavy (non-hydrogen) atoms. The minimum atomic E-state index is 0.782. The zero-order valence-corrected chi connectivity index (χ0v) is 13.8. The van der Waals surface area contributed by atoms with Crippen molar-refractivity contribution in [3.63, 3.8) is 0 Å². The summed E-state index contributed by atoms with van der Waals surface area (Å²) in [6, 6.07) is 12.9. The third-order valence-electron chi connectivity index (χ3n) is 3.30. The molecule has 0 radical (unpaired) electrons. The Morgan fingerprint density at radius 3 is 2.29 bits per heavy atom. The first-order valence-electron chi connectivity index (χ1n) is 7.29. The van der Waals surface area contributed by atoms with Gasteiger partial charge in [0.15, 0.2) is 5.96 Å². The van der Waals surface area contributed by atoms with Crippen molar-refractivity contribution in [1.29, 1.82) is 0 Å². The van der Waals surface area contributed by atoms with E-state index >= 15 is 0 Å². The van der Waals surface area contributed by atoms with Gasteiger partial charge in [-0.15, -0.1) is 11.3 Å². The van der Waals surface area contributed by atoms with Crippen LogP contribution in [0.15, 0.2) is 41.4 Å². The van der Waals surface area contributed by atoms with Crippen molar-refractivity contribution < 1.29 is 0 Å². The molecular weight excluding hydrogens is 278 g/mol. The van der Waals surface area contributed by atoms with Crippen LogP contribution < -0.4 is 10.6 Å². The van der Waals surface area contributed by atoms with Crippen molar-refractivity contribution in [2.75, 3.05) is 7.05 Å². The predicted molar refractivity (Wildman–Crippen MR) is 91.9 cm³/mol. The van der Waals surface area contributed by atoms with Crippen LogP contribution in [-0.4, -0.2) is 13.0 Å². The van der Waals surface area contributed by atoms with Gasteiger partial charge in [0, 0.05) is 23.3 Å². The third-order valence-corrected chi connectivity index (χ3v) is 4.53. The van der Waals surface area contributed by atoms with Crippen molar-refractivity contribution in [2.45, 2.75) is 33.4 Å². The van der Waals surface area contributed by atoms with Gasteiger partial charge >= 0.3 is 0 Å². The molecule has 0 aliphatic heterocycles. The molecule has 1 heterocycles. The van der Waals surface area contributed by atoms with Gasteiger partial charge in [-0.05, 0) is 31.0 Å². The average Bonchev–Trinajstić information content (AvgIpc) is 2.97. The van der Waals surface area contributed by atoms with Crippen LogP contribution in [0, 0.1) is 6.92 Å². The topological polar surface area (TPSA) is 36.4 Å². The van der Waals surface area contributed by atoms with Gasteiger partial charge in [0.2, 0.25) is 0 Å². The maximum Gasteiger partial charge on any atom is 0.191 e. The molecule has 0 aliphatic rings. The van der Waals surface area contributed by atoms with Crippen LogP contribution in [0.1, 0.15) is 27.8 Å². The molecule has 4 heteroatoms. The SMILES string of the molecule is CCc1ccc(CNC(=NC)NCc2ccc(C)cc2)s1. The third kappa shape index (κ3) is 4.90. The Kier molecular flexibility index (Phi) is 5.81. The van der Waals surface area contributed by atoms with E-state index in [0.29, 0.717) is 0 Å². The lowest BCUT2D eigenvalue weighted by Gasteiger charge is -2.11. The Hall–Kier alpha value is -1.81. The number of nitrogens with one attached hydrogen (secondary N) is 2. The molecule has 0 bridgehead atoms. The van der Waals surface area contributed by atoms with Gasteiger partial charge in [0.05, 0.1) is 6.54 Å². The van der Waals surface area contributed by atoms with Crippen LogP contribution in [0.25, 0.3) is 0 Å². The van der Waals surface area contributed by atoms with E-state index in [1.54, 1.807) is 7.05 Å². The lowest BCUT2D eigenvalue weighted by atomic mass is 10.1. The number of benzene rings is 1. The van der Waals surface area contributed by atoms with Crippen LogP contribution in [0.3, 0.4) is 0 Å². The smallest absolute Gasteiger partial charge is 0.191 e. The highest BCUT2D eigenvalue weighted by molar-refractivity contribution is 7.11. The quantitative estimate of drug-likeness (QED) is 0.655. The minimum absolute atomic E-state index is 0.782.